The number of alkyl halides is 7. The molecule has 1 aliphatic rings. The molecular formula is C12H5Cl3F6N2. The van der Waals surface area contributed by atoms with Gasteiger partial charge in [0, 0.05) is 17.0 Å². The van der Waals surface area contributed by atoms with E-state index in [-0.39, 0.29) is 16.3 Å². The average Bonchev–Trinajstić information content (AvgIpc) is 2.35. The molecule has 1 aliphatic carbocycles. The second-order valence-corrected chi connectivity index (χ2v) is 6.06. The Labute approximate surface area is 140 Å². The van der Waals surface area contributed by atoms with Gasteiger partial charge in [0.25, 0.3) is 0 Å². The molecule has 11 heteroatoms. The molecule has 0 N–H and O–H groups in total. The maximum Gasteiger partial charge on any atom is 0.433 e. The lowest BCUT2D eigenvalue weighted by molar-refractivity contribution is -0.149. The van der Waals surface area contributed by atoms with Gasteiger partial charge in [-0.15, -0.1) is 11.6 Å². The molecule has 0 saturated carbocycles. The van der Waals surface area contributed by atoms with Crippen molar-refractivity contribution >= 4 is 40.4 Å². The minimum atomic E-state index is -4.80. The summed E-state index contributed by atoms with van der Waals surface area (Å²) < 4.78 is 76.7. The van der Waals surface area contributed by atoms with Crippen molar-refractivity contribution in [3.8, 4) is 0 Å². The smallest absolute Gasteiger partial charge is 0.218 e. The normalized spacial score (nSPS) is 22.7. The van der Waals surface area contributed by atoms with E-state index < -0.39 is 34.6 Å². The summed E-state index contributed by atoms with van der Waals surface area (Å²) in [5.41, 5.74) is -1.82. The van der Waals surface area contributed by atoms with E-state index in [1.165, 1.54) is 0 Å². The van der Waals surface area contributed by atoms with Crippen molar-refractivity contribution in [2.24, 2.45) is 0 Å². The van der Waals surface area contributed by atoms with E-state index in [0.29, 0.717) is 12.1 Å². The molecule has 1 atom stereocenters. The third-order valence-corrected chi connectivity index (χ3v) is 3.94. The highest BCUT2D eigenvalue weighted by atomic mass is 35.5. The van der Waals surface area contributed by atoms with Crippen LogP contribution in [0, 0.1) is 0 Å². The summed E-state index contributed by atoms with van der Waals surface area (Å²) in [6.07, 6.45) is -8.94. The number of aromatic nitrogens is 2. The summed E-state index contributed by atoms with van der Waals surface area (Å²) in [7, 11) is 0. The van der Waals surface area contributed by atoms with E-state index in [2.05, 4.69) is 9.97 Å². The molecule has 2 nitrogen and oxygen atoms in total. The van der Waals surface area contributed by atoms with Crippen molar-refractivity contribution in [3.63, 3.8) is 0 Å². The Morgan fingerprint density at radius 3 is 2.13 bits per heavy atom. The molecule has 1 aromatic heterocycles. The fourth-order valence-corrected chi connectivity index (χ4v) is 2.62. The van der Waals surface area contributed by atoms with Crippen molar-refractivity contribution in [1.29, 1.82) is 0 Å². The number of hydrogen-bond donors (Lipinski definition) is 0. The minimum absolute atomic E-state index is 0.137. The van der Waals surface area contributed by atoms with Crippen molar-refractivity contribution in [2.45, 2.75) is 23.6 Å². The van der Waals surface area contributed by atoms with Gasteiger partial charge in [0.05, 0.1) is 5.69 Å². The zero-order valence-electron chi connectivity index (χ0n) is 10.7. The first kappa shape index (κ1) is 18.4. The maximum absolute atomic E-state index is 12.9. The van der Waals surface area contributed by atoms with Crippen LogP contribution in [0.4, 0.5) is 26.3 Å². The average molecular weight is 398 g/mol. The lowest BCUT2D eigenvalue weighted by atomic mass is 9.93. The molecule has 0 aromatic carbocycles. The SMILES string of the molecule is FC(F)(F)c1cc(C2=C(Cl)CC(Cl)(C(F)(F)F)C=C2)nc(Cl)n1. The van der Waals surface area contributed by atoms with E-state index in [4.69, 9.17) is 34.8 Å². The van der Waals surface area contributed by atoms with Crippen LogP contribution < -0.4 is 0 Å². The lowest BCUT2D eigenvalue weighted by Crippen LogP contribution is -2.39. The van der Waals surface area contributed by atoms with Gasteiger partial charge in [-0.3, -0.25) is 0 Å². The van der Waals surface area contributed by atoms with Crippen LogP contribution in [0.1, 0.15) is 17.8 Å². The Morgan fingerprint density at radius 2 is 1.65 bits per heavy atom. The van der Waals surface area contributed by atoms with Crippen molar-refractivity contribution < 1.29 is 26.3 Å². The second kappa shape index (κ2) is 5.82. The topological polar surface area (TPSA) is 25.8 Å². The van der Waals surface area contributed by atoms with Crippen LogP contribution in [0.5, 0.6) is 0 Å². The minimum Gasteiger partial charge on any atom is -0.218 e. The van der Waals surface area contributed by atoms with Crippen LogP contribution >= 0.6 is 34.8 Å². The van der Waals surface area contributed by atoms with Gasteiger partial charge in [-0.2, -0.15) is 26.3 Å². The molecule has 0 saturated heterocycles. The van der Waals surface area contributed by atoms with Gasteiger partial charge in [-0.1, -0.05) is 23.8 Å². The molecule has 1 heterocycles. The van der Waals surface area contributed by atoms with Crippen molar-refractivity contribution in [2.75, 3.05) is 0 Å². The Balaban J connectivity index is 2.47. The van der Waals surface area contributed by atoms with Gasteiger partial charge in [0.1, 0.15) is 5.69 Å². The molecule has 0 aliphatic heterocycles. The summed E-state index contributed by atoms with van der Waals surface area (Å²) in [5.74, 6) is 0. The fourth-order valence-electron chi connectivity index (χ4n) is 1.81. The number of halogens is 9. The second-order valence-electron chi connectivity index (χ2n) is 4.59. The Kier molecular flexibility index (Phi) is 4.65. The molecule has 0 bridgehead atoms. The third-order valence-electron chi connectivity index (χ3n) is 2.96. The van der Waals surface area contributed by atoms with Gasteiger partial charge in [-0.05, 0) is 17.7 Å². The summed E-state index contributed by atoms with van der Waals surface area (Å²) in [6, 6.07) is 0.544. The highest BCUT2D eigenvalue weighted by Gasteiger charge is 2.53. The van der Waals surface area contributed by atoms with Gasteiger partial charge >= 0.3 is 12.4 Å². The molecule has 0 radical (unpaired) electrons. The molecule has 0 fully saturated rings. The molecular weight excluding hydrogens is 392 g/mol. The quantitative estimate of drug-likeness (QED) is 0.350. The number of hydrogen-bond acceptors (Lipinski definition) is 2. The monoisotopic (exact) mass is 396 g/mol. The van der Waals surface area contributed by atoms with Crippen LogP contribution in [0.25, 0.3) is 5.57 Å². The van der Waals surface area contributed by atoms with Crippen LogP contribution in [0.3, 0.4) is 0 Å². The van der Waals surface area contributed by atoms with Crippen molar-refractivity contribution in [3.05, 3.63) is 39.9 Å². The number of allylic oxidation sites excluding steroid dienone is 4. The van der Waals surface area contributed by atoms with Crippen LogP contribution in [0.2, 0.25) is 5.28 Å². The standard InChI is InChI=1S/C12H5Cl3F6N2/c13-6-4-10(15,12(19,20)21)2-1-5(6)7-3-8(11(16,17)18)23-9(14)22-7/h1-3H,4H2. The first-order valence-corrected chi connectivity index (χ1v) is 6.92. The van der Waals surface area contributed by atoms with Gasteiger partial charge < -0.3 is 0 Å². The fraction of sp³-hybridized carbons (Fsp3) is 0.333. The van der Waals surface area contributed by atoms with E-state index >= 15 is 0 Å². The maximum atomic E-state index is 12.9. The van der Waals surface area contributed by atoms with E-state index in [0.717, 1.165) is 6.08 Å². The first-order chi connectivity index (χ1) is 10.3. The van der Waals surface area contributed by atoms with Gasteiger partial charge in [0.15, 0.2) is 4.87 Å². The van der Waals surface area contributed by atoms with E-state index in [1.54, 1.807) is 0 Å². The van der Waals surface area contributed by atoms with Crippen molar-refractivity contribution in [1.82, 2.24) is 9.97 Å². The van der Waals surface area contributed by atoms with Gasteiger partial charge in [-0.25, -0.2) is 9.97 Å². The van der Waals surface area contributed by atoms with E-state index in [9.17, 15) is 26.3 Å². The van der Waals surface area contributed by atoms with Gasteiger partial charge in [0.2, 0.25) is 5.28 Å². The third kappa shape index (κ3) is 3.75. The Bertz CT molecular complexity index is 695. The highest BCUT2D eigenvalue weighted by molar-refractivity contribution is 6.35. The first-order valence-electron chi connectivity index (χ1n) is 5.79. The zero-order chi connectivity index (χ0) is 17.6. The number of rotatable bonds is 1. The Hall–Kier alpha value is -0.990. The number of nitrogens with zero attached hydrogens (tertiary/aromatic N) is 2. The predicted octanol–water partition coefficient (Wildman–Crippen LogP) is 5.60. The van der Waals surface area contributed by atoms with Crippen LogP contribution in [0.15, 0.2) is 23.3 Å². The molecule has 2 rings (SSSR count). The summed E-state index contributed by atoms with van der Waals surface area (Å²) in [6.45, 7) is 0. The molecule has 1 unspecified atom stereocenters. The summed E-state index contributed by atoms with van der Waals surface area (Å²) in [5, 5.41) is -1.10. The Morgan fingerprint density at radius 1 is 1.04 bits per heavy atom. The highest BCUT2D eigenvalue weighted by Crippen LogP contribution is 2.47. The van der Waals surface area contributed by atoms with Crippen LogP contribution in [-0.2, 0) is 6.18 Å². The molecule has 1 aromatic rings. The molecule has 126 valence electrons. The van der Waals surface area contributed by atoms with Crippen LogP contribution in [-0.4, -0.2) is 21.0 Å². The summed E-state index contributed by atoms with van der Waals surface area (Å²) >= 11 is 16.7. The molecule has 0 spiro atoms. The zero-order valence-corrected chi connectivity index (χ0v) is 13.0. The van der Waals surface area contributed by atoms with E-state index in [1.807, 2.05) is 0 Å². The predicted molar refractivity (Wildman–Crippen MR) is 73.2 cm³/mol. The largest absolute Gasteiger partial charge is 0.433 e. The summed E-state index contributed by atoms with van der Waals surface area (Å²) in [4.78, 5) is 3.87. The lowest BCUT2D eigenvalue weighted by Gasteiger charge is -2.29. The molecule has 0 amide bonds. The molecule has 23 heavy (non-hydrogen) atoms.